The van der Waals surface area contributed by atoms with Crippen LogP contribution in [0.25, 0.3) is 22.3 Å². The number of hydrogen-bond acceptors (Lipinski definition) is 10. The van der Waals surface area contributed by atoms with Crippen molar-refractivity contribution in [2.75, 3.05) is 57.4 Å². The highest BCUT2D eigenvalue weighted by atomic mass is 16.5. The summed E-state index contributed by atoms with van der Waals surface area (Å²) in [6, 6.07) is 9.05. The number of anilines is 2. The van der Waals surface area contributed by atoms with Crippen LogP contribution in [0.4, 0.5) is 11.8 Å². The molecule has 1 aliphatic rings. The lowest BCUT2D eigenvalue weighted by atomic mass is 10.1. The average Bonchev–Trinajstić information content (AvgIpc) is 3.42. The molecule has 3 aromatic rings. The first-order chi connectivity index (χ1) is 17.5. The molecule has 36 heavy (non-hydrogen) atoms. The number of aliphatic hydroxyl groups excluding tert-OH is 1. The molecule has 1 atom stereocenters. The highest BCUT2D eigenvalue weighted by Crippen LogP contribution is 2.32. The molecular weight excluding hydrogens is 462 g/mol. The number of hydrogen-bond donors (Lipinski definition) is 1. The monoisotopic (exact) mass is 495 g/mol. The molecule has 1 aliphatic heterocycles. The highest BCUT2D eigenvalue weighted by molar-refractivity contribution is 5.90. The number of fused-ring (bicyclic) bond motifs is 1. The van der Waals surface area contributed by atoms with Gasteiger partial charge in [-0.1, -0.05) is 0 Å². The average molecular weight is 496 g/mol. The Morgan fingerprint density at radius 3 is 2.69 bits per heavy atom. The van der Waals surface area contributed by atoms with Gasteiger partial charge in [0.05, 0.1) is 38.5 Å². The second-order valence-electron chi connectivity index (χ2n) is 8.55. The van der Waals surface area contributed by atoms with Gasteiger partial charge in [0.2, 0.25) is 5.95 Å². The van der Waals surface area contributed by atoms with Crippen molar-refractivity contribution in [3.05, 3.63) is 35.9 Å². The van der Waals surface area contributed by atoms with Gasteiger partial charge in [0.15, 0.2) is 5.65 Å². The number of carbonyl (C=O) groups is 1. The fourth-order valence-corrected chi connectivity index (χ4v) is 4.58. The normalized spacial score (nSPS) is 15.4. The largest absolute Gasteiger partial charge is 0.496 e. The fourth-order valence-electron chi connectivity index (χ4n) is 4.58. The van der Waals surface area contributed by atoms with Crippen LogP contribution in [-0.2, 0) is 20.9 Å². The van der Waals surface area contributed by atoms with Gasteiger partial charge < -0.3 is 29.1 Å². The zero-order chi connectivity index (χ0) is 25.7. The third-order valence-corrected chi connectivity index (χ3v) is 6.50. The van der Waals surface area contributed by atoms with Crippen LogP contribution in [-0.4, -0.2) is 79.6 Å². The number of carbonyl (C=O) groups excluding carboxylic acids is 1. The van der Waals surface area contributed by atoms with Crippen LogP contribution in [0.3, 0.4) is 0 Å². The summed E-state index contributed by atoms with van der Waals surface area (Å²) >= 11 is 0. The number of nitrogens with zero attached hydrogens (tertiary/aromatic N) is 5. The van der Waals surface area contributed by atoms with E-state index in [1.807, 2.05) is 35.2 Å². The van der Waals surface area contributed by atoms with Crippen LogP contribution in [0.2, 0.25) is 0 Å². The minimum absolute atomic E-state index is 0.143. The van der Waals surface area contributed by atoms with Crippen molar-refractivity contribution >= 4 is 28.8 Å². The van der Waals surface area contributed by atoms with E-state index in [9.17, 15) is 9.90 Å². The number of esters is 1. The van der Waals surface area contributed by atoms with Crippen molar-refractivity contribution in [1.82, 2.24) is 15.0 Å². The van der Waals surface area contributed by atoms with E-state index in [-0.39, 0.29) is 12.6 Å². The molecule has 1 N–H and O–H groups in total. The van der Waals surface area contributed by atoms with Gasteiger partial charge in [-0.2, -0.15) is 9.97 Å². The molecule has 0 bridgehead atoms. The first-order valence-corrected chi connectivity index (χ1v) is 12.1. The highest BCUT2D eigenvalue weighted by Gasteiger charge is 2.34. The molecule has 10 heteroatoms. The Morgan fingerprint density at radius 1 is 1.17 bits per heavy atom. The second kappa shape index (κ2) is 11.5. The van der Waals surface area contributed by atoms with E-state index in [0.29, 0.717) is 54.7 Å². The lowest BCUT2D eigenvalue weighted by Crippen LogP contribution is -2.38. The first-order valence-electron chi connectivity index (χ1n) is 12.1. The lowest BCUT2D eigenvalue weighted by Gasteiger charge is -2.27. The smallest absolute Gasteiger partial charge is 0.328 e. The van der Waals surface area contributed by atoms with Crippen LogP contribution < -0.4 is 14.5 Å². The Hall–Kier alpha value is -3.50. The lowest BCUT2D eigenvalue weighted by molar-refractivity contribution is -0.141. The van der Waals surface area contributed by atoms with Gasteiger partial charge in [-0.25, -0.2) is 9.78 Å². The molecule has 0 amide bonds. The van der Waals surface area contributed by atoms with E-state index in [1.165, 1.54) is 7.11 Å². The van der Waals surface area contributed by atoms with Gasteiger partial charge >= 0.3 is 5.97 Å². The van der Waals surface area contributed by atoms with Crippen molar-refractivity contribution in [1.29, 1.82) is 0 Å². The minimum atomic E-state index is -0.425. The minimum Gasteiger partial charge on any atom is -0.496 e. The molecule has 2 aromatic heterocycles. The van der Waals surface area contributed by atoms with Crippen LogP contribution in [0.1, 0.15) is 25.3 Å². The zero-order valence-corrected chi connectivity index (χ0v) is 21.2. The van der Waals surface area contributed by atoms with Crippen LogP contribution in [0.15, 0.2) is 30.3 Å². The van der Waals surface area contributed by atoms with Crippen LogP contribution >= 0.6 is 0 Å². The molecule has 192 valence electrons. The molecule has 0 unspecified atom stereocenters. The van der Waals surface area contributed by atoms with Crippen molar-refractivity contribution in [3.8, 4) is 17.0 Å². The Labute approximate surface area is 210 Å². The van der Waals surface area contributed by atoms with Gasteiger partial charge in [-0.3, -0.25) is 0 Å². The van der Waals surface area contributed by atoms with Crippen LogP contribution in [0.5, 0.6) is 5.75 Å². The summed E-state index contributed by atoms with van der Waals surface area (Å²) in [7, 11) is 4.65. The summed E-state index contributed by atoms with van der Waals surface area (Å²) in [4.78, 5) is 31.1. The van der Waals surface area contributed by atoms with E-state index < -0.39 is 6.04 Å². The topological polar surface area (TPSA) is 110 Å². The summed E-state index contributed by atoms with van der Waals surface area (Å²) in [5.74, 6) is 1.53. The van der Waals surface area contributed by atoms with E-state index in [0.717, 1.165) is 29.7 Å². The van der Waals surface area contributed by atoms with E-state index >= 15 is 0 Å². The van der Waals surface area contributed by atoms with E-state index in [4.69, 9.17) is 29.2 Å². The number of aromatic nitrogens is 3. The van der Waals surface area contributed by atoms with Gasteiger partial charge in [0, 0.05) is 37.9 Å². The summed E-state index contributed by atoms with van der Waals surface area (Å²) in [5, 5.41) is 10.6. The number of pyridine rings is 1. The van der Waals surface area contributed by atoms with Crippen molar-refractivity contribution in [2.24, 2.45) is 0 Å². The number of likely N-dealkylation sites (N-methyl/N-ethyl adjacent to an activating group) is 1. The van der Waals surface area contributed by atoms with Crippen molar-refractivity contribution < 1.29 is 24.1 Å². The zero-order valence-electron chi connectivity index (χ0n) is 21.2. The summed E-state index contributed by atoms with van der Waals surface area (Å²) in [6.07, 6.45) is 1.54. The number of benzene rings is 1. The number of rotatable bonds is 10. The van der Waals surface area contributed by atoms with E-state index in [2.05, 4.69) is 11.8 Å². The Bertz CT molecular complexity index is 1220. The Kier molecular flexibility index (Phi) is 8.17. The molecule has 4 rings (SSSR count). The maximum Gasteiger partial charge on any atom is 0.328 e. The van der Waals surface area contributed by atoms with Crippen molar-refractivity contribution in [2.45, 2.75) is 32.4 Å². The Balaban J connectivity index is 1.85. The van der Waals surface area contributed by atoms with Crippen LogP contribution in [0, 0.1) is 0 Å². The summed E-state index contributed by atoms with van der Waals surface area (Å²) in [5.41, 5.74) is 2.75. The molecule has 0 spiro atoms. The third kappa shape index (κ3) is 5.05. The molecule has 10 nitrogen and oxygen atoms in total. The number of aliphatic hydroxyl groups is 1. The first kappa shape index (κ1) is 25.6. The molecule has 1 aromatic carbocycles. The molecule has 3 heterocycles. The third-order valence-electron chi connectivity index (χ3n) is 6.50. The maximum absolute atomic E-state index is 12.4. The fraction of sp³-hybridized carbons (Fsp3) is 0.462. The van der Waals surface area contributed by atoms with Gasteiger partial charge in [0.1, 0.15) is 17.6 Å². The summed E-state index contributed by atoms with van der Waals surface area (Å²) in [6.45, 7) is 4.49. The van der Waals surface area contributed by atoms with Gasteiger partial charge in [-0.15, -0.1) is 0 Å². The molecule has 1 fully saturated rings. The van der Waals surface area contributed by atoms with Crippen molar-refractivity contribution in [3.63, 3.8) is 0 Å². The number of methoxy groups -OCH3 is 3. The Morgan fingerprint density at radius 2 is 2.00 bits per heavy atom. The summed E-state index contributed by atoms with van der Waals surface area (Å²) < 4.78 is 15.7. The predicted octanol–water partition coefficient (Wildman–Crippen LogP) is 2.81. The molecule has 0 aliphatic carbocycles. The molecule has 0 radical (unpaired) electrons. The molecule has 1 saturated heterocycles. The van der Waals surface area contributed by atoms with Gasteiger partial charge in [0.25, 0.3) is 0 Å². The second-order valence-corrected chi connectivity index (χ2v) is 8.55. The quantitative estimate of drug-likeness (QED) is 0.422. The maximum atomic E-state index is 12.4. The molecule has 0 saturated carbocycles. The van der Waals surface area contributed by atoms with E-state index in [1.54, 1.807) is 14.2 Å². The predicted molar refractivity (Wildman–Crippen MR) is 137 cm³/mol. The SMILES string of the molecule is CCN(CCOC)c1nc(N2CCC[C@H]2C(=O)OC)nc2nc(-c3ccc(OC)c(CO)c3)ccc12. The number of ether oxygens (including phenoxy) is 3. The van der Waals surface area contributed by atoms with Gasteiger partial charge in [-0.05, 0) is 50.1 Å². The molecular formula is C26H33N5O5. The standard InChI is InChI=1S/C26H33N5O5/c1-5-30(13-14-34-2)24-19-9-10-20(17-8-11-22(35-3)18(15-17)16-32)27-23(19)28-26(29-24)31-12-6-7-21(31)25(33)36-4/h8-11,15,21,32H,5-7,12-14,16H2,1-4H3/t21-/m0/s1.